The van der Waals surface area contributed by atoms with E-state index in [9.17, 15) is 15.0 Å². The van der Waals surface area contributed by atoms with Crippen LogP contribution in [0.1, 0.15) is 29.9 Å². The van der Waals surface area contributed by atoms with Gasteiger partial charge < -0.3 is 40.0 Å². The van der Waals surface area contributed by atoms with Crippen LogP contribution in [0.15, 0.2) is 42.5 Å². The van der Waals surface area contributed by atoms with Crippen molar-refractivity contribution in [1.29, 1.82) is 0 Å². The molecule has 1 heterocycles. The number of aromatic hydroxyl groups is 1. The van der Waals surface area contributed by atoms with Gasteiger partial charge in [-0.3, -0.25) is 0 Å². The largest absolute Gasteiger partial charge is 0.546 e. The molecule has 0 aromatic heterocycles. The van der Waals surface area contributed by atoms with Crippen molar-refractivity contribution in [1.82, 2.24) is 0 Å². The number of benzene rings is 2. The molecule has 5 N–H and O–H groups in total. The zero-order chi connectivity index (χ0) is 24.6. The van der Waals surface area contributed by atoms with E-state index < -0.39 is 12.6 Å². The number of aliphatic carboxylic acids is 1. The van der Waals surface area contributed by atoms with E-state index in [4.69, 9.17) is 19.7 Å². The molecule has 9 heteroatoms. The number of aliphatic hydroxyl groups is 2. The number of thioether (sulfide) groups is 1. The van der Waals surface area contributed by atoms with Crippen LogP contribution in [0.3, 0.4) is 0 Å². The molecule has 3 rings (SSSR count). The molecule has 0 radical (unpaired) electrons. The van der Waals surface area contributed by atoms with E-state index in [-0.39, 0.29) is 13.2 Å². The lowest BCUT2D eigenvalue weighted by atomic mass is 9.98. The quantitative estimate of drug-likeness (QED) is 0.276. The van der Waals surface area contributed by atoms with E-state index in [0.717, 1.165) is 41.9 Å². The fourth-order valence-corrected chi connectivity index (χ4v) is 4.52. The smallest absolute Gasteiger partial charge is 0.164 e. The van der Waals surface area contributed by atoms with Gasteiger partial charge in [0.05, 0.1) is 38.9 Å². The van der Waals surface area contributed by atoms with Crippen molar-refractivity contribution in [2.75, 3.05) is 51.0 Å². The predicted molar refractivity (Wildman–Crippen MR) is 129 cm³/mol. The number of ether oxygens (including phenoxy) is 2. The lowest BCUT2D eigenvalue weighted by Gasteiger charge is -2.11. The van der Waals surface area contributed by atoms with Crippen LogP contribution >= 0.6 is 11.8 Å². The van der Waals surface area contributed by atoms with Gasteiger partial charge in [0.25, 0.3) is 0 Å². The van der Waals surface area contributed by atoms with Gasteiger partial charge in [-0.15, -0.1) is 0 Å². The summed E-state index contributed by atoms with van der Waals surface area (Å²) in [6, 6.07) is 13.1. The van der Waals surface area contributed by atoms with Crippen LogP contribution in [-0.4, -0.2) is 72.3 Å². The van der Waals surface area contributed by atoms with Gasteiger partial charge in [-0.1, -0.05) is 30.3 Å². The van der Waals surface area contributed by atoms with Gasteiger partial charge in [0, 0.05) is 11.5 Å². The summed E-state index contributed by atoms with van der Waals surface area (Å²) < 4.78 is 11.0. The minimum absolute atomic E-state index is 0.194. The monoisotopic (exact) mass is 493 g/mol. The fourth-order valence-electron chi connectivity index (χ4n) is 3.51. The molecule has 0 saturated carbocycles. The number of aliphatic hydroxyl groups excluding tert-OH is 2. The number of fused-ring (bicyclic) bond motifs is 1. The Kier molecular flexibility index (Phi) is 13.2. The standard InChI is InChI=1S/C21H24O5S.C4H11NO2/c22-18-8-2-1-5-15(18)6-4-11-27-12-10-16-13-26-21-17(16)7-3-9-19(21)25-14-20(23)24;6-3-1-5-2-4-7/h1-3,5,7-9,16,22H,4,6,10-14H2,(H,23,24);5-7H,1-4H2. The summed E-state index contributed by atoms with van der Waals surface area (Å²) in [5.74, 6) is 2.63. The van der Waals surface area contributed by atoms with Crippen LogP contribution in [0.5, 0.6) is 17.2 Å². The van der Waals surface area contributed by atoms with Crippen molar-refractivity contribution in [3.8, 4) is 17.2 Å². The van der Waals surface area contributed by atoms with E-state index in [0.29, 0.717) is 42.9 Å². The number of hydrogen-bond acceptors (Lipinski definition) is 8. The van der Waals surface area contributed by atoms with Gasteiger partial charge in [0.15, 0.2) is 11.5 Å². The van der Waals surface area contributed by atoms with Crippen LogP contribution in [0.4, 0.5) is 0 Å². The second-order valence-electron chi connectivity index (χ2n) is 7.79. The number of carboxylic acids is 1. The number of carboxylic acid groups (broad SMARTS) is 1. The molecule has 0 amide bonds. The van der Waals surface area contributed by atoms with Crippen LogP contribution in [0.25, 0.3) is 0 Å². The Bertz CT molecular complexity index is 861. The van der Waals surface area contributed by atoms with E-state index in [1.807, 2.05) is 47.4 Å². The fraction of sp³-hybridized carbons (Fsp3) is 0.480. The second kappa shape index (κ2) is 16.2. The highest BCUT2D eigenvalue weighted by Crippen LogP contribution is 2.42. The van der Waals surface area contributed by atoms with Crippen molar-refractivity contribution < 1.29 is 40.0 Å². The molecule has 1 aliphatic heterocycles. The van der Waals surface area contributed by atoms with E-state index in [2.05, 4.69) is 0 Å². The first-order valence-corrected chi connectivity index (χ1v) is 12.7. The molecule has 0 aliphatic carbocycles. The van der Waals surface area contributed by atoms with Crippen molar-refractivity contribution >= 4 is 17.7 Å². The molecule has 8 nitrogen and oxygen atoms in total. The lowest BCUT2D eigenvalue weighted by molar-refractivity contribution is -0.657. The first-order chi connectivity index (χ1) is 16.6. The summed E-state index contributed by atoms with van der Waals surface area (Å²) in [6.45, 7) is 1.90. The average Bonchev–Trinajstić information content (AvgIpc) is 3.25. The molecular weight excluding hydrogens is 458 g/mol. The number of hydrogen-bond donors (Lipinski definition) is 4. The van der Waals surface area contributed by atoms with Crippen LogP contribution < -0.4 is 19.9 Å². The molecule has 2 aromatic rings. The SMILES string of the molecule is O=C([O-])COc1cccc2c1OCC2CCSCCCc1ccccc1O.OCC[NH2+]CCO. The highest BCUT2D eigenvalue weighted by molar-refractivity contribution is 7.99. The molecule has 0 fully saturated rings. The Morgan fingerprint density at radius 1 is 1.12 bits per heavy atom. The van der Waals surface area contributed by atoms with E-state index >= 15 is 0 Å². The summed E-state index contributed by atoms with van der Waals surface area (Å²) in [5.41, 5.74) is 2.08. The van der Waals surface area contributed by atoms with Crippen LogP contribution in [0.2, 0.25) is 0 Å². The first-order valence-electron chi connectivity index (χ1n) is 11.5. The molecular formula is C25H35NO7S. The Hall–Kier alpha value is -2.46. The molecule has 0 bridgehead atoms. The average molecular weight is 494 g/mol. The third-order valence-electron chi connectivity index (χ3n) is 5.23. The zero-order valence-corrected chi connectivity index (χ0v) is 20.2. The highest BCUT2D eigenvalue weighted by atomic mass is 32.2. The van der Waals surface area contributed by atoms with Gasteiger partial charge in [0.1, 0.15) is 12.4 Å². The molecule has 1 unspecified atom stereocenters. The second-order valence-corrected chi connectivity index (χ2v) is 9.01. The number of quaternary nitrogens is 1. The van der Waals surface area contributed by atoms with Gasteiger partial charge in [-0.05, 0) is 48.5 Å². The van der Waals surface area contributed by atoms with Gasteiger partial charge in [-0.2, -0.15) is 11.8 Å². The first kappa shape index (κ1) is 27.8. The normalized spacial score (nSPS) is 14.0. The summed E-state index contributed by atoms with van der Waals surface area (Å²) in [4.78, 5) is 10.6. The Labute approximate surface area is 204 Å². The third-order valence-corrected chi connectivity index (χ3v) is 6.33. The number of phenols is 1. The number of nitrogens with two attached hydrogens (primary N) is 1. The Balaban J connectivity index is 0.000000509. The van der Waals surface area contributed by atoms with Crippen molar-refractivity contribution in [2.24, 2.45) is 0 Å². The number of aryl methyl sites for hydroxylation is 1. The number of phenolic OH excluding ortho intramolecular Hbond substituents is 1. The highest BCUT2D eigenvalue weighted by Gasteiger charge is 2.26. The summed E-state index contributed by atoms with van der Waals surface area (Å²) in [6.07, 6.45) is 2.91. The summed E-state index contributed by atoms with van der Waals surface area (Å²) >= 11 is 1.90. The lowest BCUT2D eigenvalue weighted by Crippen LogP contribution is -2.85. The molecule has 1 aliphatic rings. The number of carbonyl (C=O) groups is 1. The van der Waals surface area contributed by atoms with Gasteiger partial charge in [-0.25, -0.2) is 0 Å². The number of para-hydroxylation sites is 2. The molecule has 34 heavy (non-hydrogen) atoms. The number of rotatable bonds is 14. The van der Waals surface area contributed by atoms with Crippen molar-refractivity contribution in [2.45, 2.75) is 25.2 Å². The Morgan fingerprint density at radius 2 is 1.88 bits per heavy atom. The minimum Gasteiger partial charge on any atom is -0.546 e. The maximum absolute atomic E-state index is 10.6. The predicted octanol–water partition coefficient (Wildman–Crippen LogP) is 0.287. The number of carbonyl (C=O) groups excluding carboxylic acids is 1. The molecule has 2 aromatic carbocycles. The maximum atomic E-state index is 10.6. The minimum atomic E-state index is -1.25. The van der Waals surface area contributed by atoms with E-state index in [1.165, 1.54) is 0 Å². The van der Waals surface area contributed by atoms with Gasteiger partial charge >= 0.3 is 0 Å². The molecule has 0 saturated heterocycles. The Morgan fingerprint density at radius 3 is 2.59 bits per heavy atom. The summed E-state index contributed by atoms with van der Waals surface area (Å²) in [5, 5.41) is 38.6. The van der Waals surface area contributed by atoms with Crippen LogP contribution in [0, 0.1) is 0 Å². The third kappa shape index (κ3) is 9.80. The van der Waals surface area contributed by atoms with Crippen molar-refractivity contribution in [3.05, 3.63) is 53.6 Å². The topological polar surface area (TPSA) is 136 Å². The van der Waals surface area contributed by atoms with Crippen molar-refractivity contribution in [3.63, 3.8) is 0 Å². The maximum Gasteiger partial charge on any atom is 0.164 e. The molecule has 0 spiro atoms. The van der Waals surface area contributed by atoms with E-state index in [1.54, 1.807) is 12.1 Å². The summed E-state index contributed by atoms with van der Waals surface area (Å²) in [7, 11) is 0. The molecule has 188 valence electrons. The molecule has 1 atom stereocenters. The van der Waals surface area contributed by atoms with Gasteiger partial charge in [0.2, 0.25) is 0 Å². The van der Waals surface area contributed by atoms with Crippen LogP contribution in [-0.2, 0) is 11.2 Å². The zero-order valence-electron chi connectivity index (χ0n) is 19.4.